The number of aryl methyl sites for hydroxylation is 2. The number of esters is 1. The highest BCUT2D eigenvalue weighted by atomic mass is 32.2. The molecule has 0 bridgehead atoms. The van der Waals surface area contributed by atoms with Crippen molar-refractivity contribution in [3.05, 3.63) is 29.3 Å². The fourth-order valence-corrected chi connectivity index (χ4v) is 4.29. The molecule has 1 aromatic heterocycles. The Labute approximate surface area is 137 Å². The highest BCUT2D eigenvalue weighted by Gasteiger charge is 2.28. The van der Waals surface area contributed by atoms with Crippen LogP contribution in [-0.2, 0) is 16.0 Å². The van der Waals surface area contributed by atoms with E-state index in [1.165, 1.54) is 34.2 Å². The highest BCUT2D eigenvalue weighted by Crippen LogP contribution is 2.34. The monoisotopic (exact) mass is 335 g/mol. The molecule has 7 heteroatoms. The van der Waals surface area contributed by atoms with Crippen LogP contribution in [0, 0.1) is 6.92 Å². The van der Waals surface area contributed by atoms with E-state index < -0.39 is 0 Å². The van der Waals surface area contributed by atoms with Gasteiger partial charge in [-0.05, 0) is 24.5 Å². The van der Waals surface area contributed by atoms with Gasteiger partial charge in [0.25, 0.3) is 0 Å². The van der Waals surface area contributed by atoms with E-state index in [9.17, 15) is 4.79 Å². The zero-order valence-corrected chi connectivity index (χ0v) is 14.1. The standard InChI is InChI=1S/C15H17N3O2S2/c1-3-10-6-4-5-9(2)12(10)16-14-17-18-15(22-14)21-11-7-8-20-13(11)19/h4-6,11H,3,7-8H2,1-2H3,(H,16,17)/t11-/m0/s1. The van der Waals surface area contributed by atoms with Crippen molar-refractivity contribution < 1.29 is 9.53 Å². The molecule has 0 amide bonds. The molecule has 0 spiro atoms. The van der Waals surface area contributed by atoms with E-state index >= 15 is 0 Å². The summed E-state index contributed by atoms with van der Waals surface area (Å²) in [6, 6.07) is 6.25. The Bertz CT molecular complexity index is 687. The van der Waals surface area contributed by atoms with Crippen molar-refractivity contribution >= 4 is 39.9 Å². The summed E-state index contributed by atoms with van der Waals surface area (Å²) < 4.78 is 5.76. The van der Waals surface area contributed by atoms with Crippen molar-refractivity contribution in [2.75, 3.05) is 11.9 Å². The van der Waals surface area contributed by atoms with Crippen LogP contribution in [0.2, 0.25) is 0 Å². The van der Waals surface area contributed by atoms with E-state index in [0.29, 0.717) is 6.61 Å². The van der Waals surface area contributed by atoms with Gasteiger partial charge in [-0.15, -0.1) is 10.2 Å². The molecule has 0 radical (unpaired) electrons. The minimum Gasteiger partial charge on any atom is -0.465 e. The lowest BCUT2D eigenvalue weighted by Gasteiger charge is -2.11. The smallest absolute Gasteiger partial charge is 0.319 e. The van der Waals surface area contributed by atoms with Crippen LogP contribution < -0.4 is 5.32 Å². The predicted octanol–water partition coefficient (Wildman–Crippen LogP) is 3.56. The maximum absolute atomic E-state index is 11.5. The molecule has 1 fully saturated rings. The molecule has 22 heavy (non-hydrogen) atoms. The van der Waals surface area contributed by atoms with E-state index in [1.807, 2.05) is 0 Å². The van der Waals surface area contributed by atoms with Crippen LogP contribution in [0.5, 0.6) is 0 Å². The van der Waals surface area contributed by atoms with Crippen molar-refractivity contribution in [2.45, 2.75) is 36.3 Å². The number of nitrogens with zero attached hydrogens (tertiary/aromatic N) is 2. The van der Waals surface area contributed by atoms with E-state index in [-0.39, 0.29) is 11.2 Å². The third-order valence-electron chi connectivity index (χ3n) is 3.51. The molecule has 3 rings (SSSR count). The summed E-state index contributed by atoms with van der Waals surface area (Å²) in [6.07, 6.45) is 1.70. The second-order valence-corrected chi connectivity index (χ2v) is 7.45. The molecule has 0 unspecified atom stereocenters. The Morgan fingerprint density at radius 3 is 3.05 bits per heavy atom. The molecule has 1 aliphatic heterocycles. The lowest BCUT2D eigenvalue weighted by atomic mass is 10.1. The van der Waals surface area contributed by atoms with Crippen molar-refractivity contribution in [3.63, 3.8) is 0 Å². The van der Waals surface area contributed by atoms with Gasteiger partial charge in [0.2, 0.25) is 5.13 Å². The van der Waals surface area contributed by atoms with Gasteiger partial charge in [-0.1, -0.05) is 48.2 Å². The Morgan fingerprint density at radius 1 is 1.45 bits per heavy atom. The van der Waals surface area contributed by atoms with E-state index in [4.69, 9.17) is 4.74 Å². The summed E-state index contributed by atoms with van der Waals surface area (Å²) >= 11 is 2.90. The summed E-state index contributed by atoms with van der Waals surface area (Å²) in [5, 5.41) is 12.3. The number of hydrogen-bond acceptors (Lipinski definition) is 7. The molecule has 1 atom stereocenters. The summed E-state index contributed by atoms with van der Waals surface area (Å²) in [7, 11) is 0. The largest absolute Gasteiger partial charge is 0.465 e. The molecule has 1 aliphatic rings. The van der Waals surface area contributed by atoms with Gasteiger partial charge >= 0.3 is 5.97 Å². The molecule has 5 nitrogen and oxygen atoms in total. The Hall–Kier alpha value is -1.60. The average Bonchev–Trinajstić information content (AvgIpc) is 3.11. The lowest BCUT2D eigenvalue weighted by molar-refractivity contribution is -0.137. The third-order valence-corrected chi connectivity index (χ3v) is 5.68. The zero-order chi connectivity index (χ0) is 15.5. The van der Waals surface area contributed by atoms with Crippen molar-refractivity contribution in [1.29, 1.82) is 0 Å². The maximum Gasteiger partial charge on any atom is 0.319 e. The molecule has 0 aliphatic carbocycles. The number of carbonyl (C=O) groups is 1. The second-order valence-electron chi connectivity index (χ2n) is 5.02. The number of hydrogen-bond donors (Lipinski definition) is 1. The van der Waals surface area contributed by atoms with Crippen LogP contribution in [0.3, 0.4) is 0 Å². The van der Waals surface area contributed by atoms with Gasteiger partial charge in [0.15, 0.2) is 4.34 Å². The van der Waals surface area contributed by atoms with Crippen LogP contribution in [0.4, 0.5) is 10.8 Å². The molecular weight excluding hydrogens is 318 g/mol. The molecule has 1 saturated heterocycles. The average molecular weight is 335 g/mol. The number of para-hydroxylation sites is 1. The van der Waals surface area contributed by atoms with Crippen molar-refractivity contribution in [1.82, 2.24) is 10.2 Å². The molecule has 1 N–H and O–H groups in total. The first-order valence-electron chi connectivity index (χ1n) is 7.19. The van der Waals surface area contributed by atoms with E-state index in [0.717, 1.165) is 28.0 Å². The Morgan fingerprint density at radius 2 is 2.32 bits per heavy atom. The number of aromatic nitrogens is 2. The number of anilines is 2. The number of carbonyl (C=O) groups excluding carboxylic acids is 1. The van der Waals surface area contributed by atoms with Gasteiger partial charge in [-0.2, -0.15) is 0 Å². The highest BCUT2D eigenvalue weighted by molar-refractivity contribution is 8.02. The van der Waals surface area contributed by atoms with Crippen LogP contribution in [0.1, 0.15) is 24.5 Å². The number of cyclic esters (lactones) is 1. The number of rotatable bonds is 5. The van der Waals surface area contributed by atoms with E-state index in [2.05, 4.69) is 47.6 Å². The van der Waals surface area contributed by atoms with Gasteiger partial charge in [0, 0.05) is 12.1 Å². The van der Waals surface area contributed by atoms with Gasteiger partial charge < -0.3 is 10.1 Å². The number of benzene rings is 1. The summed E-state index contributed by atoms with van der Waals surface area (Å²) in [6.45, 7) is 4.71. The maximum atomic E-state index is 11.5. The van der Waals surface area contributed by atoms with Crippen molar-refractivity contribution in [2.24, 2.45) is 0 Å². The minimum absolute atomic E-state index is 0.148. The fourth-order valence-electron chi connectivity index (χ4n) is 2.32. The molecule has 1 aromatic carbocycles. The first-order valence-corrected chi connectivity index (χ1v) is 8.89. The van der Waals surface area contributed by atoms with Crippen LogP contribution >= 0.6 is 23.1 Å². The molecular formula is C15H17N3O2S2. The SMILES string of the molecule is CCc1cccc(C)c1Nc1nnc(S[C@H]2CCOC2=O)s1. The summed E-state index contributed by atoms with van der Waals surface area (Å²) in [4.78, 5) is 11.5. The normalized spacial score (nSPS) is 17.5. The van der Waals surface area contributed by atoms with Crippen LogP contribution in [0.15, 0.2) is 22.5 Å². The van der Waals surface area contributed by atoms with Gasteiger partial charge in [0.1, 0.15) is 5.25 Å². The van der Waals surface area contributed by atoms with Gasteiger partial charge in [0.05, 0.1) is 6.61 Å². The summed E-state index contributed by atoms with van der Waals surface area (Å²) in [5.74, 6) is -0.151. The molecule has 2 aromatic rings. The Balaban J connectivity index is 1.73. The van der Waals surface area contributed by atoms with Crippen LogP contribution in [-0.4, -0.2) is 28.0 Å². The third kappa shape index (κ3) is 3.25. The molecule has 0 saturated carbocycles. The number of ether oxygens (including phenoxy) is 1. The van der Waals surface area contributed by atoms with Crippen LogP contribution in [0.25, 0.3) is 0 Å². The quantitative estimate of drug-likeness (QED) is 0.843. The fraction of sp³-hybridized carbons (Fsp3) is 0.400. The zero-order valence-electron chi connectivity index (χ0n) is 12.5. The first-order chi connectivity index (χ1) is 10.7. The van der Waals surface area contributed by atoms with Crippen molar-refractivity contribution in [3.8, 4) is 0 Å². The Kier molecular flexibility index (Phi) is 4.63. The number of nitrogens with one attached hydrogen (secondary N) is 1. The second kappa shape index (κ2) is 6.66. The molecule has 2 heterocycles. The first kappa shape index (κ1) is 15.3. The predicted molar refractivity (Wildman–Crippen MR) is 89.0 cm³/mol. The van der Waals surface area contributed by atoms with Gasteiger partial charge in [-0.25, -0.2) is 0 Å². The molecule has 116 valence electrons. The summed E-state index contributed by atoms with van der Waals surface area (Å²) in [5.41, 5.74) is 3.53. The topological polar surface area (TPSA) is 64.1 Å². The van der Waals surface area contributed by atoms with Gasteiger partial charge in [-0.3, -0.25) is 4.79 Å². The minimum atomic E-state index is -0.151. The number of thioether (sulfide) groups is 1. The van der Waals surface area contributed by atoms with E-state index in [1.54, 1.807) is 0 Å². The lowest BCUT2D eigenvalue weighted by Crippen LogP contribution is -2.08.